The first-order valence-corrected chi connectivity index (χ1v) is 6.03. The molecule has 0 spiro atoms. The lowest BCUT2D eigenvalue weighted by Crippen LogP contribution is -2.22. The summed E-state index contributed by atoms with van der Waals surface area (Å²) in [6.45, 7) is 5.92. The molecular weight excluding hydrogens is 228 g/mol. The number of oxazole rings is 1. The predicted octanol–water partition coefficient (Wildman–Crippen LogP) is 3.10. The smallest absolute Gasteiger partial charge is 0.211 e. The number of aryl methyl sites for hydroxylation is 1. The van der Waals surface area contributed by atoms with Crippen LogP contribution in [0.15, 0.2) is 34.9 Å². The van der Waals surface area contributed by atoms with E-state index in [2.05, 4.69) is 10.3 Å². The Morgan fingerprint density at radius 1 is 1.28 bits per heavy atom. The number of phenolic OH excluding ortho intramolecular Hbond substituents is 1. The Kier molecular flexibility index (Phi) is 3.67. The molecule has 0 aliphatic rings. The van der Waals surface area contributed by atoms with Crippen molar-refractivity contribution in [2.75, 3.05) is 0 Å². The second-order valence-corrected chi connectivity index (χ2v) is 4.51. The lowest BCUT2D eigenvalue weighted by Gasteiger charge is -2.18. The third kappa shape index (κ3) is 2.90. The summed E-state index contributed by atoms with van der Waals surface area (Å²) in [5, 5.41) is 12.8. The summed E-state index contributed by atoms with van der Waals surface area (Å²) in [5.74, 6) is 1.77. The van der Waals surface area contributed by atoms with E-state index in [4.69, 9.17) is 4.42 Å². The van der Waals surface area contributed by atoms with Gasteiger partial charge in [-0.2, -0.15) is 0 Å². The molecule has 1 aromatic carbocycles. The van der Waals surface area contributed by atoms with Crippen molar-refractivity contribution in [3.63, 3.8) is 0 Å². The van der Waals surface area contributed by atoms with Gasteiger partial charge in [-0.05, 0) is 38.5 Å². The normalized spacial score (nSPS) is 14.4. The number of benzene rings is 1. The largest absolute Gasteiger partial charge is 0.508 e. The maximum atomic E-state index is 9.46. The minimum Gasteiger partial charge on any atom is -0.508 e. The van der Waals surface area contributed by atoms with Gasteiger partial charge < -0.3 is 9.52 Å². The lowest BCUT2D eigenvalue weighted by atomic mass is 10.1. The number of hydrogen-bond acceptors (Lipinski definition) is 4. The average molecular weight is 246 g/mol. The minimum absolute atomic E-state index is 0.0241. The fourth-order valence-corrected chi connectivity index (χ4v) is 1.91. The summed E-state index contributed by atoms with van der Waals surface area (Å²) in [6.07, 6.45) is 1.71. The van der Waals surface area contributed by atoms with Gasteiger partial charge in [0.05, 0.1) is 12.2 Å². The van der Waals surface area contributed by atoms with Gasteiger partial charge in [-0.25, -0.2) is 4.98 Å². The summed E-state index contributed by atoms with van der Waals surface area (Å²) >= 11 is 0. The van der Waals surface area contributed by atoms with E-state index in [1.165, 1.54) is 0 Å². The molecular formula is C14H18N2O2. The zero-order valence-corrected chi connectivity index (χ0v) is 10.8. The van der Waals surface area contributed by atoms with Crippen LogP contribution in [-0.4, -0.2) is 10.1 Å². The molecule has 2 unspecified atom stereocenters. The summed E-state index contributed by atoms with van der Waals surface area (Å²) in [4.78, 5) is 4.20. The Balaban J connectivity index is 2.05. The van der Waals surface area contributed by atoms with Crippen molar-refractivity contribution in [1.82, 2.24) is 10.3 Å². The molecule has 0 bridgehead atoms. The van der Waals surface area contributed by atoms with Crippen LogP contribution in [0.4, 0.5) is 0 Å². The van der Waals surface area contributed by atoms with Gasteiger partial charge in [-0.15, -0.1) is 0 Å². The third-order valence-corrected chi connectivity index (χ3v) is 2.88. The highest BCUT2D eigenvalue weighted by molar-refractivity contribution is 5.29. The molecule has 0 radical (unpaired) electrons. The topological polar surface area (TPSA) is 58.3 Å². The van der Waals surface area contributed by atoms with Gasteiger partial charge >= 0.3 is 0 Å². The van der Waals surface area contributed by atoms with Crippen LogP contribution in [0.3, 0.4) is 0 Å². The summed E-state index contributed by atoms with van der Waals surface area (Å²) in [5.41, 5.74) is 1.03. The van der Waals surface area contributed by atoms with Gasteiger partial charge in [0.2, 0.25) is 5.89 Å². The first-order valence-electron chi connectivity index (χ1n) is 6.03. The van der Waals surface area contributed by atoms with Crippen molar-refractivity contribution in [3.05, 3.63) is 47.7 Å². The SMILES string of the molecule is Cc1cnc(C(C)NC(C)c2cccc(O)c2)o1. The number of aromatic nitrogens is 1. The van der Waals surface area contributed by atoms with E-state index in [1.54, 1.807) is 18.3 Å². The Morgan fingerprint density at radius 3 is 2.67 bits per heavy atom. The van der Waals surface area contributed by atoms with Crippen molar-refractivity contribution >= 4 is 0 Å². The second kappa shape index (κ2) is 5.23. The molecule has 0 aliphatic heterocycles. The van der Waals surface area contributed by atoms with Gasteiger partial charge in [-0.3, -0.25) is 5.32 Å². The molecule has 2 atom stereocenters. The number of hydrogen-bond donors (Lipinski definition) is 2. The van der Waals surface area contributed by atoms with Gasteiger partial charge in [0.1, 0.15) is 11.5 Å². The highest BCUT2D eigenvalue weighted by atomic mass is 16.4. The van der Waals surface area contributed by atoms with Crippen LogP contribution in [0.5, 0.6) is 5.75 Å². The molecule has 0 saturated carbocycles. The first-order chi connectivity index (χ1) is 8.56. The van der Waals surface area contributed by atoms with Gasteiger partial charge in [0.15, 0.2) is 0 Å². The van der Waals surface area contributed by atoms with E-state index < -0.39 is 0 Å². The number of phenols is 1. The van der Waals surface area contributed by atoms with E-state index in [0.29, 0.717) is 5.89 Å². The molecule has 96 valence electrons. The van der Waals surface area contributed by atoms with Crippen LogP contribution >= 0.6 is 0 Å². The Labute approximate surface area is 107 Å². The average Bonchev–Trinajstić information content (AvgIpc) is 2.76. The van der Waals surface area contributed by atoms with Crippen molar-refractivity contribution in [2.24, 2.45) is 0 Å². The van der Waals surface area contributed by atoms with Crippen molar-refractivity contribution in [2.45, 2.75) is 32.9 Å². The van der Waals surface area contributed by atoms with Crippen LogP contribution in [0, 0.1) is 6.92 Å². The molecule has 1 heterocycles. The zero-order chi connectivity index (χ0) is 13.1. The Bertz CT molecular complexity index is 522. The molecule has 0 fully saturated rings. The molecule has 4 heteroatoms. The molecule has 2 N–H and O–H groups in total. The molecule has 4 nitrogen and oxygen atoms in total. The molecule has 1 aromatic heterocycles. The maximum Gasteiger partial charge on any atom is 0.211 e. The summed E-state index contributed by atoms with van der Waals surface area (Å²) < 4.78 is 5.48. The fraction of sp³-hybridized carbons (Fsp3) is 0.357. The van der Waals surface area contributed by atoms with E-state index in [1.807, 2.05) is 32.9 Å². The van der Waals surface area contributed by atoms with Crippen LogP contribution in [0.2, 0.25) is 0 Å². The number of aromatic hydroxyl groups is 1. The quantitative estimate of drug-likeness (QED) is 0.870. The van der Waals surface area contributed by atoms with E-state index in [-0.39, 0.29) is 17.8 Å². The maximum absolute atomic E-state index is 9.46. The summed E-state index contributed by atoms with van der Waals surface area (Å²) in [7, 11) is 0. The van der Waals surface area contributed by atoms with E-state index >= 15 is 0 Å². The number of rotatable bonds is 4. The molecule has 0 amide bonds. The third-order valence-electron chi connectivity index (χ3n) is 2.88. The number of nitrogens with one attached hydrogen (secondary N) is 1. The molecule has 18 heavy (non-hydrogen) atoms. The molecule has 2 rings (SSSR count). The van der Waals surface area contributed by atoms with Gasteiger partial charge in [0.25, 0.3) is 0 Å². The highest BCUT2D eigenvalue weighted by Crippen LogP contribution is 2.21. The highest BCUT2D eigenvalue weighted by Gasteiger charge is 2.15. The molecule has 0 aliphatic carbocycles. The standard InChI is InChI=1S/C14H18N2O2/c1-9-8-15-14(18-9)11(3)16-10(2)12-5-4-6-13(17)7-12/h4-8,10-11,16-17H,1-3H3. The lowest BCUT2D eigenvalue weighted by molar-refractivity contribution is 0.380. The first kappa shape index (κ1) is 12.6. The van der Waals surface area contributed by atoms with Gasteiger partial charge in [-0.1, -0.05) is 12.1 Å². The second-order valence-electron chi connectivity index (χ2n) is 4.51. The Morgan fingerprint density at radius 2 is 2.06 bits per heavy atom. The zero-order valence-electron chi connectivity index (χ0n) is 10.8. The minimum atomic E-state index is 0.0241. The van der Waals surface area contributed by atoms with E-state index in [9.17, 15) is 5.11 Å². The molecule has 2 aromatic rings. The summed E-state index contributed by atoms with van der Waals surface area (Å²) in [6, 6.07) is 7.37. The van der Waals surface area contributed by atoms with Crippen LogP contribution in [-0.2, 0) is 0 Å². The van der Waals surface area contributed by atoms with Crippen LogP contribution in [0.25, 0.3) is 0 Å². The Hall–Kier alpha value is -1.81. The monoisotopic (exact) mass is 246 g/mol. The fourth-order valence-electron chi connectivity index (χ4n) is 1.91. The van der Waals surface area contributed by atoms with Crippen LogP contribution in [0.1, 0.15) is 43.1 Å². The number of nitrogens with zero attached hydrogens (tertiary/aromatic N) is 1. The predicted molar refractivity (Wildman–Crippen MR) is 69.3 cm³/mol. The van der Waals surface area contributed by atoms with Crippen molar-refractivity contribution in [1.29, 1.82) is 0 Å². The van der Waals surface area contributed by atoms with Gasteiger partial charge in [0, 0.05) is 6.04 Å². The van der Waals surface area contributed by atoms with Crippen molar-refractivity contribution in [3.8, 4) is 5.75 Å². The molecule has 0 saturated heterocycles. The van der Waals surface area contributed by atoms with Crippen LogP contribution < -0.4 is 5.32 Å². The van der Waals surface area contributed by atoms with Crippen molar-refractivity contribution < 1.29 is 9.52 Å². The van der Waals surface area contributed by atoms with E-state index in [0.717, 1.165) is 11.3 Å².